The Morgan fingerprint density at radius 3 is 3.00 bits per heavy atom. The van der Waals surface area contributed by atoms with Crippen molar-refractivity contribution in [2.75, 3.05) is 6.61 Å². The van der Waals surface area contributed by atoms with Crippen molar-refractivity contribution in [1.82, 2.24) is 0 Å². The van der Waals surface area contributed by atoms with E-state index in [1.165, 1.54) is 36.5 Å². The second-order valence-electron chi connectivity index (χ2n) is 3.16. The molecule has 1 aliphatic rings. The standard InChI is InChI=1S/C5H9O.C4H9.Sn/c1-2-4-6-5-3-1;1-3-4-2;/h4H,1-3,5H2;1,3-4H2,2H3;. The zero-order chi connectivity index (χ0) is 7.94. The van der Waals surface area contributed by atoms with Crippen LogP contribution in [0, 0.1) is 0 Å². The van der Waals surface area contributed by atoms with Gasteiger partial charge in [-0.2, -0.15) is 0 Å². The van der Waals surface area contributed by atoms with Crippen LogP contribution in [0.5, 0.6) is 0 Å². The first-order valence-electron chi connectivity index (χ1n) is 4.78. The second kappa shape index (κ2) is 6.29. The maximum atomic E-state index is 5.70. The van der Waals surface area contributed by atoms with Crippen molar-refractivity contribution in [2.24, 2.45) is 0 Å². The fraction of sp³-hybridized carbons (Fsp3) is 1.00. The molecule has 0 aromatic heterocycles. The Morgan fingerprint density at radius 2 is 2.36 bits per heavy atom. The Morgan fingerprint density at radius 1 is 1.45 bits per heavy atom. The molecular weight excluding hydrogens is 243 g/mol. The molecule has 1 rings (SSSR count). The summed E-state index contributed by atoms with van der Waals surface area (Å²) in [7, 11) is 0. The molecular formula is C9H18OSn. The van der Waals surface area contributed by atoms with E-state index in [0.717, 1.165) is 10.7 Å². The molecule has 0 aromatic carbocycles. The van der Waals surface area contributed by atoms with Crippen LogP contribution in [0.15, 0.2) is 0 Å². The number of ether oxygens (including phenoxy) is 1. The normalized spacial score (nSPS) is 25.4. The van der Waals surface area contributed by atoms with Crippen molar-refractivity contribution >= 4 is 21.1 Å². The number of unbranched alkanes of at least 4 members (excludes halogenated alkanes) is 1. The van der Waals surface area contributed by atoms with Gasteiger partial charge in [-0.15, -0.1) is 0 Å². The molecule has 0 saturated carbocycles. The minimum absolute atomic E-state index is 0.129. The molecule has 0 aliphatic carbocycles. The van der Waals surface area contributed by atoms with Crippen molar-refractivity contribution in [1.29, 1.82) is 0 Å². The van der Waals surface area contributed by atoms with Gasteiger partial charge in [0.15, 0.2) is 0 Å². The summed E-state index contributed by atoms with van der Waals surface area (Å²) in [6.45, 7) is 3.33. The summed E-state index contributed by atoms with van der Waals surface area (Å²) in [5, 5.41) is 0. The molecule has 64 valence electrons. The second-order valence-corrected chi connectivity index (χ2v) is 7.59. The molecule has 2 heteroatoms. The van der Waals surface area contributed by atoms with Crippen LogP contribution >= 0.6 is 0 Å². The van der Waals surface area contributed by atoms with Gasteiger partial charge in [0, 0.05) is 0 Å². The van der Waals surface area contributed by atoms with Gasteiger partial charge in [-0.05, 0) is 0 Å². The van der Waals surface area contributed by atoms with Gasteiger partial charge in [-0.3, -0.25) is 0 Å². The van der Waals surface area contributed by atoms with Gasteiger partial charge in [0.05, 0.1) is 0 Å². The molecule has 0 amide bonds. The third kappa shape index (κ3) is 4.36. The molecule has 1 unspecified atom stereocenters. The molecule has 2 radical (unpaired) electrons. The van der Waals surface area contributed by atoms with Gasteiger partial charge in [0.25, 0.3) is 0 Å². The van der Waals surface area contributed by atoms with Crippen LogP contribution in [0.25, 0.3) is 0 Å². The Hall–Kier alpha value is 0.759. The predicted molar refractivity (Wildman–Crippen MR) is 49.1 cm³/mol. The van der Waals surface area contributed by atoms with Crippen LogP contribution in [-0.4, -0.2) is 31.9 Å². The quantitative estimate of drug-likeness (QED) is 0.557. The van der Waals surface area contributed by atoms with Gasteiger partial charge in [0.1, 0.15) is 0 Å². The third-order valence-electron chi connectivity index (χ3n) is 2.08. The van der Waals surface area contributed by atoms with Gasteiger partial charge in [-0.1, -0.05) is 0 Å². The molecule has 1 saturated heterocycles. The Bertz CT molecular complexity index is 89.6. The zero-order valence-corrected chi connectivity index (χ0v) is 10.3. The third-order valence-corrected chi connectivity index (χ3v) is 6.51. The van der Waals surface area contributed by atoms with E-state index >= 15 is 0 Å². The van der Waals surface area contributed by atoms with Gasteiger partial charge < -0.3 is 0 Å². The summed E-state index contributed by atoms with van der Waals surface area (Å²) in [5.74, 6) is 0. The first kappa shape index (κ1) is 9.84. The van der Waals surface area contributed by atoms with E-state index in [2.05, 4.69) is 6.92 Å². The van der Waals surface area contributed by atoms with E-state index in [1.54, 1.807) is 0 Å². The predicted octanol–water partition coefficient (Wildman–Crippen LogP) is 2.44. The molecule has 11 heavy (non-hydrogen) atoms. The van der Waals surface area contributed by atoms with Crippen LogP contribution in [0.2, 0.25) is 4.44 Å². The van der Waals surface area contributed by atoms with Crippen molar-refractivity contribution in [3.63, 3.8) is 0 Å². The summed E-state index contributed by atoms with van der Waals surface area (Å²) in [6.07, 6.45) is 6.94. The number of hydrogen-bond donors (Lipinski definition) is 0. The van der Waals surface area contributed by atoms with Crippen molar-refractivity contribution < 1.29 is 4.74 Å². The summed E-state index contributed by atoms with van der Waals surface area (Å²) in [5.41, 5.74) is 0. The van der Waals surface area contributed by atoms with Crippen molar-refractivity contribution in [3.05, 3.63) is 0 Å². The molecule has 0 N–H and O–H groups in total. The topological polar surface area (TPSA) is 9.23 Å². The van der Waals surface area contributed by atoms with E-state index in [0.29, 0.717) is 0 Å². The maximum absolute atomic E-state index is 5.70. The number of hydrogen-bond acceptors (Lipinski definition) is 1. The van der Waals surface area contributed by atoms with Gasteiger partial charge in [0.2, 0.25) is 0 Å². The molecule has 1 atom stereocenters. The summed E-state index contributed by atoms with van der Waals surface area (Å²) < 4.78 is 8.01. The van der Waals surface area contributed by atoms with Crippen LogP contribution in [0.4, 0.5) is 0 Å². The van der Waals surface area contributed by atoms with Crippen LogP contribution in [-0.2, 0) is 4.74 Å². The van der Waals surface area contributed by atoms with E-state index in [-0.39, 0.29) is 21.1 Å². The zero-order valence-electron chi connectivity index (χ0n) is 7.44. The van der Waals surface area contributed by atoms with Crippen molar-refractivity contribution in [3.8, 4) is 0 Å². The fourth-order valence-electron chi connectivity index (χ4n) is 1.34. The summed E-state index contributed by atoms with van der Waals surface area (Å²) in [6, 6.07) is 0. The molecule has 0 aromatic rings. The van der Waals surface area contributed by atoms with Crippen molar-refractivity contribution in [2.45, 2.75) is 47.6 Å². The first-order valence-corrected chi connectivity index (χ1v) is 8.45. The van der Waals surface area contributed by atoms with Gasteiger partial charge >= 0.3 is 80.1 Å². The Kier molecular flexibility index (Phi) is 5.63. The van der Waals surface area contributed by atoms with E-state index in [9.17, 15) is 0 Å². The number of rotatable bonds is 4. The summed E-state index contributed by atoms with van der Waals surface area (Å²) >= 11 is -0.129. The molecule has 1 aliphatic heterocycles. The van der Waals surface area contributed by atoms with E-state index in [4.69, 9.17) is 4.74 Å². The van der Waals surface area contributed by atoms with Crippen LogP contribution in [0.1, 0.15) is 39.0 Å². The van der Waals surface area contributed by atoms with Gasteiger partial charge in [-0.25, -0.2) is 0 Å². The molecule has 1 nitrogen and oxygen atoms in total. The summed E-state index contributed by atoms with van der Waals surface area (Å²) in [4.78, 5) is 0. The molecule has 1 fully saturated rings. The van der Waals surface area contributed by atoms with E-state index < -0.39 is 0 Å². The van der Waals surface area contributed by atoms with Crippen LogP contribution in [0.3, 0.4) is 0 Å². The first-order chi connectivity index (χ1) is 5.43. The molecule has 0 spiro atoms. The monoisotopic (exact) mass is 262 g/mol. The van der Waals surface area contributed by atoms with E-state index in [1.807, 2.05) is 0 Å². The minimum atomic E-state index is -0.129. The SMILES string of the molecule is CCC[CH2][Sn][CH]1CCCCO1. The fourth-order valence-corrected chi connectivity index (χ4v) is 5.69. The van der Waals surface area contributed by atoms with Crippen LogP contribution < -0.4 is 0 Å². The Balaban J connectivity index is 1.96. The Labute approximate surface area is 80.1 Å². The molecule has 1 heterocycles. The average Bonchev–Trinajstić information content (AvgIpc) is 2.07. The molecule has 0 bridgehead atoms. The average molecular weight is 261 g/mol.